The Morgan fingerprint density at radius 2 is 1.73 bits per heavy atom. The van der Waals surface area contributed by atoms with Gasteiger partial charge in [-0.3, -0.25) is 0 Å². The lowest BCUT2D eigenvalue weighted by atomic mass is 10.2. The van der Waals surface area contributed by atoms with Gasteiger partial charge < -0.3 is 9.15 Å². The summed E-state index contributed by atoms with van der Waals surface area (Å²) in [6.07, 6.45) is 4.38. The third-order valence-electron chi connectivity index (χ3n) is 3.21. The average molecular weight is 292 g/mol. The van der Waals surface area contributed by atoms with Crippen LogP contribution in [-0.2, 0) is 6.42 Å². The molecule has 0 fully saturated rings. The first-order chi connectivity index (χ1) is 10.8. The van der Waals surface area contributed by atoms with Gasteiger partial charge in [0.15, 0.2) is 0 Å². The minimum absolute atomic E-state index is 0.502. The largest absolute Gasteiger partial charge is 0.497 e. The molecule has 0 aliphatic rings. The molecule has 0 unspecified atom stereocenters. The Balaban J connectivity index is 1.67. The topological polar surface area (TPSA) is 48.2 Å². The second-order valence-electron chi connectivity index (χ2n) is 4.80. The molecule has 4 nitrogen and oxygen atoms in total. The number of hydrogen-bond donors (Lipinski definition) is 0. The Hall–Kier alpha value is -2.88. The fourth-order valence-electron chi connectivity index (χ4n) is 2.06. The van der Waals surface area contributed by atoms with Crippen molar-refractivity contribution in [3.05, 3.63) is 77.5 Å². The van der Waals surface area contributed by atoms with Crippen LogP contribution in [0.3, 0.4) is 0 Å². The van der Waals surface area contributed by atoms with Gasteiger partial charge in [0, 0.05) is 6.08 Å². The molecule has 110 valence electrons. The molecule has 0 bridgehead atoms. The quantitative estimate of drug-likeness (QED) is 0.717. The van der Waals surface area contributed by atoms with Crippen LogP contribution in [0.4, 0.5) is 0 Å². The van der Waals surface area contributed by atoms with Gasteiger partial charge in [0.05, 0.1) is 13.5 Å². The van der Waals surface area contributed by atoms with E-state index in [0.717, 1.165) is 16.9 Å². The minimum Gasteiger partial charge on any atom is -0.497 e. The highest BCUT2D eigenvalue weighted by atomic mass is 16.5. The summed E-state index contributed by atoms with van der Waals surface area (Å²) < 4.78 is 10.7. The summed E-state index contributed by atoms with van der Waals surface area (Å²) >= 11 is 0. The van der Waals surface area contributed by atoms with Crippen molar-refractivity contribution in [2.45, 2.75) is 6.42 Å². The van der Waals surface area contributed by atoms with Crippen molar-refractivity contribution >= 4 is 12.2 Å². The smallest absolute Gasteiger partial charge is 0.240 e. The number of rotatable bonds is 5. The van der Waals surface area contributed by atoms with Crippen LogP contribution >= 0.6 is 0 Å². The Labute approximate surface area is 129 Å². The molecular weight excluding hydrogens is 276 g/mol. The lowest BCUT2D eigenvalue weighted by molar-refractivity contribution is 0.415. The van der Waals surface area contributed by atoms with E-state index in [4.69, 9.17) is 9.15 Å². The van der Waals surface area contributed by atoms with E-state index in [1.165, 1.54) is 0 Å². The van der Waals surface area contributed by atoms with E-state index in [2.05, 4.69) is 10.2 Å². The molecule has 3 rings (SSSR count). The summed E-state index contributed by atoms with van der Waals surface area (Å²) in [6, 6.07) is 17.8. The highest BCUT2D eigenvalue weighted by molar-refractivity contribution is 5.66. The van der Waals surface area contributed by atoms with Gasteiger partial charge in [0.2, 0.25) is 11.8 Å². The van der Waals surface area contributed by atoms with Crippen molar-refractivity contribution in [2.75, 3.05) is 7.11 Å². The molecule has 0 aliphatic heterocycles. The summed E-state index contributed by atoms with van der Waals surface area (Å²) in [7, 11) is 1.65. The maximum Gasteiger partial charge on any atom is 0.240 e. The molecule has 3 aromatic rings. The van der Waals surface area contributed by atoms with Crippen LogP contribution in [0.5, 0.6) is 5.75 Å². The zero-order valence-corrected chi connectivity index (χ0v) is 12.3. The van der Waals surface area contributed by atoms with Crippen molar-refractivity contribution in [3.63, 3.8) is 0 Å². The van der Waals surface area contributed by atoms with Crippen molar-refractivity contribution in [2.24, 2.45) is 0 Å². The standard InChI is InChI=1S/C18H16N2O2/c1-21-16-10-7-14(8-11-16)9-12-17-19-20-18(22-17)13-15-5-3-2-4-6-15/h2-12H,13H2,1H3/b12-9-. The fourth-order valence-corrected chi connectivity index (χ4v) is 2.06. The van der Waals surface area contributed by atoms with Gasteiger partial charge >= 0.3 is 0 Å². The third kappa shape index (κ3) is 3.61. The maximum absolute atomic E-state index is 5.62. The second-order valence-corrected chi connectivity index (χ2v) is 4.80. The summed E-state index contributed by atoms with van der Waals surface area (Å²) in [5, 5.41) is 8.10. The molecule has 1 heterocycles. The van der Waals surface area contributed by atoms with Crippen LogP contribution in [0.2, 0.25) is 0 Å². The van der Waals surface area contributed by atoms with Gasteiger partial charge in [0.1, 0.15) is 5.75 Å². The number of nitrogens with zero attached hydrogens (tertiary/aromatic N) is 2. The first-order valence-corrected chi connectivity index (χ1v) is 7.02. The Morgan fingerprint density at radius 1 is 0.955 bits per heavy atom. The SMILES string of the molecule is COc1ccc(/C=C\c2nnc(Cc3ccccc3)o2)cc1. The van der Waals surface area contributed by atoms with E-state index >= 15 is 0 Å². The molecule has 1 aromatic heterocycles. The van der Waals surface area contributed by atoms with Gasteiger partial charge in [-0.05, 0) is 29.3 Å². The molecule has 4 heteroatoms. The van der Waals surface area contributed by atoms with Gasteiger partial charge in [-0.1, -0.05) is 42.5 Å². The van der Waals surface area contributed by atoms with Gasteiger partial charge in [-0.15, -0.1) is 10.2 Å². The summed E-state index contributed by atoms with van der Waals surface area (Å²) in [5.41, 5.74) is 2.19. The van der Waals surface area contributed by atoms with E-state index in [9.17, 15) is 0 Å². The number of benzene rings is 2. The van der Waals surface area contributed by atoms with Crippen LogP contribution in [0.15, 0.2) is 59.0 Å². The lowest BCUT2D eigenvalue weighted by Crippen LogP contribution is -1.87. The van der Waals surface area contributed by atoms with Crippen molar-refractivity contribution in [1.82, 2.24) is 10.2 Å². The van der Waals surface area contributed by atoms with Crippen LogP contribution in [0, 0.1) is 0 Å². The van der Waals surface area contributed by atoms with Crippen LogP contribution in [0.1, 0.15) is 22.9 Å². The van der Waals surface area contributed by atoms with E-state index in [1.54, 1.807) is 7.11 Å². The number of ether oxygens (including phenoxy) is 1. The second kappa shape index (κ2) is 6.72. The third-order valence-corrected chi connectivity index (χ3v) is 3.21. The molecule has 2 aromatic carbocycles. The van der Waals surface area contributed by atoms with Crippen LogP contribution < -0.4 is 4.74 Å². The Morgan fingerprint density at radius 3 is 2.45 bits per heavy atom. The summed E-state index contributed by atoms with van der Waals surface area (Å²) in [5.74, 6) is 1.95. The predicted octanol–water partition coefficient (Wildman–Crippen LogP) is 3.84. The van der Waals surface area contributed by atoms with E-state index in [-0.39, 0.29) is 0 Å². The highest BCUT2D eigenvalue weighted by Crippen LogP contribution is 2.14. The van der Waals surface area contributed by atoms with E-state index in [1.807, 2.05) is 66.7 Å². The molecule has 22 heavy (non-hydrogen) atoms. The van der Waals surface area contributed by atoms with E-state index in [0.29, 0.717) is 18.2 Å². The van der Waals surface area contributed by atoms with Crippen molar-refractivity contribution < 1.29 is 9.15 Å². The minimum atomic E-state index is 0.502. The zero-order chi connectivity index (χ0) is 15.2. The molecule has 0 atom stereocenters. The number of hydrogen-bond acceptors (Lipinski definition) is 4. The summed E-state index contributed by atoms with van der Waals surface area (Å²) in [6.45, 7) is 0. The molecular formula is C18H16N2O2. The number of methoxy groups -OCH3 is 1. The number of aromatic nitrogens is 2. The van der Waals surface area contributed by atoms with Gasteiger partial charge in [-0.2, -0.15) is 0 Å². The molecule has 0 radical (unpaired) electrons. The zero-order valence-electron chi connectivity index (χ0n) is 12.3. The molecule has 0 saturated heterocycles. The fraction of sp³-hybridized carbons (Fsp3) is 0.111. The first-order valence-electron chi connectivity index (χ1n) is 7.02. The van der Waals surface area contributed by atoms with Crippen molar-refractivity contribution in [1.29, 1.82) is 0 Å². The van der Waals surface area contributed by atoms with E-state index < -0.39 is 0 Å². The maximum atomic E-state index is 5.62. The molecule has 0 aliphatic carbocycles. The van der Waals surface area contributed by atoms with Gasteiger partial charge in [0.25, 0.3) is 0 Å². The Bertz CT molecular complexity index is 746. The Kier molecular flexibility index (Phi) is 4.30. The molecule has 0 N–H and O–H groups in total. The summed E-state index contributed by atoms with van der Waals surface area (Å²) in [4.78, 5) is 0. The van der Waals surface area contributed by atoms with Crippen LogP contribution in [-0.4, -0.2) is 17.3 Å². The molecule has 0 saturated carbocycles. The highest BCUT2D eigenvalue weighted by Gasteiger charge is 2.04. The normalized spacial score (nSPS) is 11.0. The van der Waals surface area contributed by atoms with Gasteiger partial charge in [-0.25, -0.2) is 0 Å². The van der Waals surface area contributed by atoms with Crippen LogP contribution in [0.25, 0.3) is 12.2 Å². The first kappa shape index (κ1) is 14.1. The monoisotopic (exact) mass is 292 g/mol. The lowest BCUT2D eigenvalue weighted by Gasteiger charge is -1.98. The van der Waals surface area contributed by atoms with Crippen molar-refractivity contribution in [3.8, 4) is 5.75 Å². The predicted molar refractivity (Wildman–Crippen MR) is 85.5 cm³/mol. The average Bonchev–Trinajstić information content (AvgIpc) is 3.02. The molecule has 0 spiro atoms. The molecule has 0 amide bonds.